The predicted molar refractivity (Wildman–Crippen MR) is 163 cm³/mol. The van der Waals surface area contributed by atoms with Crippen molar-refractivity contribution in [2.75, 3.05) is 56.4 Å². The van der Waals surface area contributed by atoms with Crippen LogP contribution in [0.3, 0.4) is 0 Å². The fraction of sp³-hybridized carbons (Fsp3) is 0.467. The van der Waals surface area contributed by atoms with Crippen LogP contribution in [0.2, 0.25) is 0 Å². The third-order valence-electron chi connectivity index (χ3n) is 4.78. The van der Waals surface area contributed by atoms with Crippen molar-refractivity contribution in [1.82, 2.24) is 20.6 Å². The summed E-state index contributed by atoms with van der Waals surface area (Å²) < 4.78 is 0. The van der Waals surface area contributed by atoms with Crippen molar-refractivity contribution >= 4 is 0 Å². The molecule has 0 aromatic carbocycles. The average molecular weight is 703 g/mol. The van der Waals surface area contributed by atoms with Crippen LogP contribution >= 0.6 is 0 Å². The molecule has 4 heterocycles. The molecule has 2 aromatic heterocycles. The van der Waals surface area contributed by atoms with Crippen molar-refractivity contribution in [3.63, 3.8) is 0 Å². The zero-order chi connectivity index (χ0) is 29.5. The normalized spacial score (nSPS) is 14.5. The average Bonchev–Trinajstić information content (AvgIpc) is 3.71. The van der Waals surface area contributed by atoms with E-state index in [-0.39, 0.29) is 63.2 Å². The molecule has 10 radical (unpaired) electrons. The molecule has 0 amide bonds. The van der Waals surface area contributed by atoms with Gasteiger partial charge in [0, 0.05) is 13.1 Å². The Morgan fingerprint density at radius 1 is 0.550 bits per heavy atom. The van der Waals surface area contributed by atoms with E-state index in [0.717, 1.165) is 23.5 Å². The molecule has 0 unspecified atom stereocenters. The molecule has 10 heteroatoms. The van der Waals surface area contributed by atoms with E-state index in [1.54, 1.807) is 56.4 Å². The third kappa shape index (κ3) is 19.3. The quantitative estimate of drug-likeness (QED) is 0.404. The summed E-state index contributed by atoms with van der Waals surface area (Å²) in [7, 11) is 14.0. The van der Waals surface area contributed by atoms with Crippen LogP contribution in [0, 0.1) is 50.9 Å². The first-order valence-electron chi connectivity index (χ1n) is 12.3. The van der Waals surface area contributed by atoms with Crippen LogP contribution in [0.25, 0.3) is 21.3 Å². The summed E-state index contributed by atoms with van der Waals surface area (Å²) in [6, 6.07) is 10.1. The van der Waals surface area contributed by atoms with Crippen LogP contribution in [0.4, 0.5) is 0 Å². The van der Waals surface area contributed by atoms with Crippen molar-refractivity contribution in [3.05, 3.63) is 120 Å². The Hall–Kier alpha value is 0.0862. The van der Waals surface area contributed by atoms with Gasteiger partial charge in [0.05, 0.1) is 12.1 Å². The minimum atomic E-state index is -0.0764. The number of rotatable bonds is 4. The standard InChI is InChI=1S/2C11H12N2.4C2H6N.2Zr/c2*1-11(2,9-5-3-7-12-9)10-6-4-8-13-10;4*1-3-2;;/h2*3-8H,1-2H3;4*1-2H3;;/q6*-1;2*+4. The van der Waals surface area contributed by atoms with Gasteiger partial charge < -0.3 is 31.2 Å². The number of hydrogen-bond acceptors (Lipinski definition) is 0. The summed E-state index contributed by atoms with van der Waals surface area (Å²) in [5.74, 6) is 0. The maximum Gasteiger partial charge on any atom is 4.00 e. The number of hydrogen-bond donors (Lipinski definition) is 0. The van der Waals surface area contributed by atoms with Gasteiger partial charge in [-0.1, -0.05) is 52.0 Å². The Kier molecular flexibility index (Phi) is 34.3. The maximum absolute atomic E-state index is 4.30. The molecule has 0 atom stereocenters. The van der Waals surface area contributed by atoms with Crippen LogP contribution in [0.5, 0.6) is 0 Å². The van der Waals surface area contributed by atoms with Crippen LogP contribution in [-0.4, -0.2) is 56.4 Å². The van der Waals surface area contributed by atoms with Crippen molar-refractivity contribution in [3.8, 4) is 0 Å². The summed E-state index contributed by atoms with van der Waals surface area (Å²) in [6.07, 6.45) is 11.6. The Morgan fingerprint density at radius 3 is 1.00 bits per heavy atom. The Bertz CT molecular complexity index is 644. The van der Waals surface area contributed by atoms with E-state index in [0.29, 0.717) is 0 Å². The molecule has 2 aliphatic heterocycles. The largest absolute Gasteiger partial charge is 4.00 e. The number of aromatic nitrogens is 2. The van der Waals surface area contributed by atoms with Crippen molar-refractivity contribution in [2.24, 2.45) is 0 Å². The fourth-order valence-corrected chi connectivity index (χ4v) is 2.94. The molecule has 2 fully saturated rings. The van der Waals surface area contributed by atoms with Crippen LogP contribution < -0.4 is 20.6 Å². The molecule has 4 rings (SSSR count). The van der Waals surface area contributed by atoms with E-state index in [1.807, 2.05) is 75.4 Å². The molecule has 40 heavy (non-hydrogen) atoms. The predicted octanol–water partition coefficient (Wildman–Crippen LogP) is 5.76. The zero-order valence-electron chi connectivity index (χ0n) is 26.5. The molecule has 2 saturated heterocycles. The first kappa shape index (κ1) is 47.0. The first-order valence-corrected chi connectivity index (χ1v) is 12.3. The monoisotopic (exact) mass is 700 g/mol. The molecule has 214 valence electrons. The summed E-state index contributed by atoms with van der Waals surface area (Å²) >= 11 is 0. The van der Waals surface area contributed by atoms with E-state index >= 15 is 0 Å². The van der Waals surface area contributed by atoms with Gasteiger partial charge in [-0.05, 0) is 36.5 Å². The van der Waals surface area contributed by atoms with Crippen LogP contribution in [0.15, 0.2) is 36.7 Å². The molecule has 8 nitrogen and oxygen atoms in total. The second kappa shape index (κ2) is 29.2. The zero-order valence-corrected chi connectivity index (χ0v) is 31.4. The molecular formula is C30H48N8Zr2+2. The summed E-state index contributed by atoms with van der Waals surface area (Å²) in [5.41, 5.74) is 2.00. The Balaban J connectivity index is -0.000000226. The number of nitrogens with zero attached hydrogens (tertiary/aromatic N) is 8. The van der Waals surface area contributed by atoms with E-state index in [9.17, 15) is 0 Å². The van der Waals surface area contributed by atoms with Gasteiger partial charge in [0.2, 0.25) is 0 Å². The van der Waals surface area contributed by atoms with E-state index in [1.165, 1.54) is 0 Å². The third-order valence-corrected chi connectivity index (χ3v) is 4.78. The van der Waals surface area contributed by atoms with Gasteiger partial charge in [-0.2, -0.15) is 80.2 Å². The van der Waals surface area contributed by atoms with E-state index in [4.69, 9.17) is 0 Å². The molecule has 0 bridgehead atoms. The molecule has 0 N–H and O–H groups in total. The second-order valence-corrected chi connectivity index (χ2v) is 9.13. The van der Waals surface area contributed by atoms with Gasteiger partial charge in [-0.15, -0.1) is 0 Å². The minimum absolute atomic E-state index is 0. The van der Waals surface area contributed by atoms with Gasteiger partial charge in [-0.25, -0.2) is 10.6 Å². The van der Waals surface area contributed by atoms with Gasteiger partial charge in [0.25, 0.3) is 0 Å². The SMILES string of the molecule is CC(C)([C]1[CH][CH][CH][N]1)c1ccc[n-]1.CC(C)([C]1[CH][CH][CH][N]1)c1ccc[n-]1.C[N-]C.C[N-]C.C[N-]C.C[N-]C.[Zr+4].[Zr+4]. The summed E-state index contributed by atoms with van der Waals surface area (Å²) in [6.45, 7) is 12.2. The minimum Gasteiger partial charge on any atom is -0.668 e. The maximum atomic E-state index is 4.30. The van der Waals surface area contributed by atoms with Crippen molar-refractivity contribution in [1.29, 1.82) is 0 Å². The Morgan fingerprint density at radius 2 is 0.825 bits per heavy atom. The van der Waals surface area contributed by atoms with E-state index in [2.05, 4.69) is 69.6 Å². The Labute approximate surface area is 286 Å². The first-order chi connectivity index (χ1) is 18.1. The smallest absolute Gasteiger partial charge is 0.668 e. The fourth-order valence-electron chi connectivity index (χ4n) is 2.94. The second-order valence-electron chi connectivity index (χ2n) is 9.13. The molecule has 2 aliphatic rings. The molecule has 0 spiro atoms. The van der Waals surface area contributed by atoms with Gasteiger partial charge in [-0.3, -0.25) is 0 Å². The van der Waals surface area contributed by atoms with Crippen molar-refractivity contribution < 1.29 is 52.4 Å². The topological polar surface area (TPSA) is 113 Å². The van der Waals surface area contributed by atoms with Crippen LogP contribution in [0.1, 0.15) is 39.1 Å². The van der Waals surface area contributed by atoms with Gasteiger partial charge in [0.15, 0.2) is 0 Å². The molecule has 0 aliphatic carbocycles. The molecule has 0 saturated carbocycles. The van der Waals surface area contributed by atoms with Gasteiger partial charge >= 0.3 is 52.4 Å². The van der Waals surface area contributed by atoms with Crippen molar-refractivity contribution in [2.45, 2.75) is 38.5 Å². The molecule has 2 aromatic rings. The van der Waals surface area contributed by atoms with Gasteiger partial charge in [0.1, 0.15) is 0 Å². The van der Waals surface area contributed by atoms with Crippen LogP contribution in [-0.2, 0) is 63.2 Å². The molecular weight excluding hydrogens is 655 g/mol. The summed E-state index contributed by atoms with van der Waals surface area (Å²) in [4.78, 5) is 8.61. The summed E-state index contributed by atoms with van der Waals surface area (Å²) in [5, 5.41) is 22.6. The van der Waals surface area contributed by atoms with E-state index < -0.39 is 0 Å².